The Morgan fingerprint density at radius 3 is 1.81 bits per heavy atom. The molecule has 0 spiro atoms. The standard InChI is InChI=1S/C9H12O4.C4H6O4/c1-2-13-9(12)7(5-8(10)11)6-3-4-6;5-3(6)1-2-4(7)8/h2,6-7H,1,3-5H2,(H,10,11);1-2H2,(H,5,6)(H,7,8). The van der Waals surface area contributed by atoms with Crippen LogP contribution in [0, 0.1) is 11.8 Å². The second-order valence-electron chi connectivity index (χ2n) is 4.43. The molecule has 0 aromatic heterocycles. The highest BCUT2D eigenvalue weighted by Gasteiger charge is 2.38. The molecule has 1 aliphatic rings. The molecule has 1 rings (SSSR count). The molecular formula is C13H18O8. The molecule has 1 fully saturated rings. The van der Waals surface area contributed by atoms with Gasteiger partial charge in [-0.1, -0.05) is 6.58 Å². The normalized spacial score (nSPS) is 14.1. The number of esters is 1. The van der Waals surface area contributed by atoms with Gasteiger partial charge in [-0.15, -0.1) is 0 Å². The van der Waals surface area contributed by atoms with Crippen LogP contribution in [0.5, 0.6) is 0 Å². The Morgan fingerprint density at radius 1 is 1.05 bits per heavy atom. The van der Waals surface area contributed by atoms with Gasteiger partial charge in [-0.2, -0.15) is 0 Å². The molecule has 1 atom stereocenters. The minimum absolute atomic E-state index is 0.142. The summed E-state index contributed by atoms with van der Waals surface area (Å²) in [6.45, 7) is 3.25. The van der Waals surface area contributed by atoms with E-state index in [4.69, 9.17) is 15.3 Å². The number of hydrogen-bond acceptors (Lipinski definition) is 5. The van der Waals surface area contributed by atoms with Crippen LogP contribution in [-0.2, 0) is 23.9 Å². The van der Waals surface area contributed by atoms with Gasteiger partial charge in [0, 0.05) is 0 Å². The van der Waals surface area contributed by atoms with Crippen molar-refractivity contribution < 1.29 is 39.2 Å². The van der Waals surface area contributed by atoms with E-state index in [9.17, 15) is 19.2 Å². The SMILES string of the molecule is C=COC(=O)C(CC(=O)O)C1CC1.O=C(O)CCC(=O)O. The van der Waals surface area contributed by atoms with Crippen molar-refractivity contribution in [3.05, 3.63) is 12.8 Å². The topological polar surface area (TPSA) is 138 Å². The third-order valence-corrected chi connectivity index (χ3v) is 2.64. The molecule has 0 saturated heterocycles. The molecule has 118 valence electrons. The first kappa shape index (κ1) is 18.6. The highest BCUT2D eigenvalue weighted by atomic mass is 16.5. The Labute approximate surface area is 121 Å². The lowest BCUT2D eigenvalue weighted by Gasteiger charge is -2.10. The summed E-state index contributed by atoms with van der Waals surface area (Å²) in [6.07, 6.45) is 2.15. The first-order valence-corrected chi connectivity index (χ1v) is 6.24. The van der Waals surface area contributed by atoms with Gasteiger partial charge in [-0.3, -0.25) is 19.2 Å². The summed E-state index contributed by atoms with van der Waals surface area (Å²) >= 11 is 0. The Bertz CT molecular complexity index is 396. The number of hydrogen-bond donors (Lipinski definition) is 3. The van der Waals surface area contributed by atoms with Gasteiger partial charge in [0.15, 0.2) is 0 Å². The zero-order valence-corrected chi connectivity index (χ0v) is 11.4. The lowest BCUT2D eigenvalue weighted by molar-refractivity contribution is -0.149. The van der Waals surface area contributed by atoms with E-state index < -0.39 is 29.8 Å². The van der Waals surface area contributed by atoms with Crippen molar-refractivity contribution in [2.24, 2.45) is 11.8 Å². The van der Waals surface area contributed by atoms with Crippen LogP contribution < -0.4 is 0 Å². The van der Waals surface area contributed by atoms with Gasteiger partial charge in [-0.25, -0.2) is 0 Å². The monoisotopic (exact) mass is 302 g/mol. The number of rotatable bonds is 8. The van der Waals surface area contributed by atoms with Crippen LogP contribution >= 0.6 is 0 Å². The number of carboxylic acid groups (broad SMARTS) is 3. The molecule has 1 aliphatic carbocycles. The number of aliphatic carboxylic acids is 3. The van der Waals surface area contributed by atoms with Gasteiger partial charge >= 0.3 is 23.9 Å². The summed E-state index contributed by atoms with van der Waals surface area (Å²) in [5, 5.41) is 24.3. The lowest BCUT2D eigenvalue weighted by atomic mass is 10.0. The molecule has 8 nitrogen and oxygen atoms in total. The molecular weight excluding hydrogens is 284 g/mol. The summed E-state index contributed by atoms with van der Waals surface area (Å²) in [7, 11) is 0. The summed E-state index contributed by atoms with van der Waals surface area (Å²) in [4.78, 5) is 40.9. The summed E-state index contributed by atoms with van der Waals surface area (Å²) in [5.74, 6) is -3.88. The molecule has 3 N–H and O–H groups in total. The van der Waals surface area contributed by atoms with Crippen molar-refractivity contribution in [1.82, 2.24) is 0 Å². The number of carbonyl (C=O) groups is 4. The zero-order valence-electron chi connectivity index (χ0n) is 11.4. The minimum Gasteiger partial charge on any atom is -0.481 e. The van der Waals surface area contributed by atoms with Crippen molar-refractivity contribution in [1.29, 1.82) is 0 Å². The van der Waals surface area contributed by atoms with Crippen LogP contribution in [0.25, 0.3) is 0 Å². The van der Waals surface area contributed by atoms with E-state index in [0.29, 0.717) is 0 Å². The molecule has 0 radical (unpaired) electrons. The van der Waals surface area contributed by atoms with Crippen LogP contribution in [0.4, 0.5) is 0 Å². The minimum atomic E-state index is -1.08. The van der Waals surface area contributed by atoms with Crippen LogP contribution in [0.2, 0.25) is 0 Å². The van der Waals surface area contributed by atoms with Crippen molar-refractivity contribution in [2.45, 2.75) is 32.1 Å². The Kier molecular flexibility index (Phi) is 8.43. The summed E-state index contributed by atoms with van der Waals surface area (Å²) < 4.78 is 4.57. The van der Waals surface area contributed by atoms with Gasteiger partial charge < -0.3 is 20.1 Å². The molecule has 8 heteroatoms. The zero-order chi connectivity index (χ0) is 16.4. The lowest BCUT2D eigenvalue weighted by Crippen LogP contribution is -2.21. The highest BCUT2D eigenvalue weighted by molar-refractivity contribution is 5.80. The quantitative estimate of drug-likeness (QED) is 0.447. The maximum absolute atomic E-state index is 11.2. The van der Waals surface area contributed by atoms with Gasteiger partial charge in [0.2, 0.25) is 0 Å². The first-order chi connectivity index (χ1) is 9.77. The maximum Gasteiger partial charge on any atom is 0.314 e. The maximum atomic E-state index is 11.2. The van der Waals surface area contributed by atoms with Crippen molar-refractivity contribution in [3.63, 3.8) is 0 Å². The second-order valence-corrected chi connectivity index (χ2v) is 4.43. The molecule has 1 saturated carbocycles. The molecule has 0 bridgehead atoms. The van der Waals surface area contributed by atoms with Crippen molar-refractivity contribution in [3.8, 4) is 0 Å². The fourth-order valence-electron chi connectivity index (χ4n) is 1.51. The van der Waals surface area contributed by atoms with Crippen molar-refractivity contribution >= 4 is 23.9 Å². The summed E-state index contributed by atoms with van der Waals surface area (Å²) in [6, 6.07) is 0. The van der Waals surface area contributed by atoms with E-state index in [-0.39, 0.29) is 25.2 Å². The third kappa shape index (κ3) is 10.1. The van der Waals surface area contributed by atoms with Crippen LogP contribution in [0.3, 0.4) is 0 Å². The van der Waals surface area contributed by atoms with E-state index in [1.807, 2.05) is 0 Å². The Balaban J connectivity index is 0.000000433. The van der Waals surface area contributed by atoms with Crippen LogP contribution in [0.1, 0.15) is 32.1 Å². The average molecular weight is 302 g/mol. The average Bonchev–Trinajstić information content (AvgIpc) is 3.18. The van der Waals surface area contributed by atoms with Crippen molar-refractivity contribution in [2.75, 3.05) is 0 Å². The molecule has 0 heterocycles. The summed E-state index contributed by atoms with van der Waals surface area (Å²) in [5.41, 5.74) is 0. The molecule has 21 heavy (non-hydrogen) atoms. The van der Waals surface area contributed by atoms with Gasteiger partial charge in [0.25, 0.3) is 0 Å². The van der Waals surface area contributed by atoms with E-state index in [1.165, 1.54) is 0 Å². The molecule has 0 aromatic carbocycles. The van der Waals surface area contributed by atoms with Crippen LogP contribution in [0.15, 0.2) is 12.8 Å². The van der Waals surface area contributed by atoms with Gasteiger partial charge in [0.05, 0.1) is 31.4 Å². The molecule has 0 amide bonds. The Hall–Kier alpha value is -2.38. The molecule has 0 aromatic rings. The Morgan fingerprint density at radius 2 is 1.52 bits per heavy atom. The van der Waals surface area contributed by atoms with E-state index >= 15 is 0 Å². The predicted octanol–water partition coefficient (Wildman–Crippen LogP) is 1.11. The molecule has 1 unspecified atom stereocenters. The van der Waals surface area contributed by atoms with E-state index in [0.717, 1.165) is 19.1 Å². The smallest absolute Gasteiger partial charge is 0.314 e. The van der Waals surface area contributed by atoms with Gasteiger partial charge in [-0.05, 0) is 18.8 Å². The highest BCUT2D eigenvalue weighted by Crippen LogP contribution is 2.39. The van der Waals surface area contributed by atoms with Gasteiger partial charge in [0.1, 0.15) is 0 Å². The molecule has 0 aliphatic heterocycles. The fourth-order valence-corrected chi connectivity index (χ4v) is 1.51. The van der Waals surface area contributed by atoms with E-state index in [1.54, 1.807) is 0 Å². The number of ether oxygens (including phenoxy) is 1. The van der Waals surface area contributed by atoms with E-state index in [2.05, 4.69) is 11.3 Å². The first-order valence-electron chi connectivity index (χ1n) is 6.24. The second kappa shape index (κ2) is 9.51. The predicted molar refractivity (Wildman–Crippen MR) is 69.3 cm³/mol. The largest absolute Gasteiger partial charge is 0.481 e. The van der Waals surface area contributed by atoms with Crippen LogP contribution in [-0.4, -0.2) is 39.2 Å². The fraction of sp³-hybridized carbons (Fsp3) is 0.538. The third-order valence-electron chi connectivity index (χ3n) is 2.64. The number of carbonyl (C=O) groups excluding carboxylic acids is 1. The number of carboxylic acids is 3.